The molecule has 6 heteroatoms. The summed E-state index contributed by atoms with van der Waals surface area (Å²) in [7, 11) is 2.09. The minimum absolute atomic E-state index is 0.127. The van der Waals surface area contributed by atoms with Gasteiger partial charge in [0, 0.05) is 37.2 Å². The van der Waals surface area contributed by atoms with Gasteiger partial charge in [-0.05, 0) is 55.5 Å². The van der Waals surface area contributed by atoms with Crippen molar-refractivity contribution in [1.29, 1.82) is 0 Å². The van der Waals surface area contributed by atoms with Gasteiger partial charge in [-0.1, -0.05) is 0 Å². The van der Waals surface area contributed by atoms with Gasteiger partial charge in [0.25, 0.3) is 0 Å². The van der Waals surface area contributed by atoms with E-state index < -0.39 is 0 Å². The van der Waals surface area contributed by atoms with Crippen molar-refractivity contribution in [3.63, 3.8) is 0 Å². The standard InChI is InChI=1S/C17H20N4OS/c1-11-16(21(3)23-15-4-5-15)8-14(10-19-11)13-6-7-18-17(9-13)20-12(2)22/h6-10,15H,4-5H2,1-3H3,(H,18,20,22). The number of nitrogens with one attached hydrogen (secondary N) is 1. The van der Waals surface area contributed by atoms with Gasteiger partial charge >= 0.3 is 0 Å². The van der Waals surface area contributed by atoms with Gasteiger partial charge in [0.2, 0.25) is 5.91 Å². The predicted molar refractivity (Wildman–Crippen MR) is 95.5 cm³/mol. The van der Waals surface area contributed by atoms with E-state index in [1.807, 2.05) is 37.2 Å². The van der Waals surface area contributed by atoms with Crippen LogP contribution in [0.5, 0.6) is 0 Å². The van der Waals surface area contributed by atoms with E-state index in [1.54, 1.807) is 6.20 Å². The first kappa shape index (κ1) is 15.8. The minimum atomic E-state index is -0.127. The number of anilines is 2. The SMILES string of the molecule is CC(=O)Nc1cc(-c2cnc(C)c(N(C)SC3CC3)c2)ccn1. The molecule has 0 aromatic carbocycles. The molecule has 1 aliphatic rings. The summed E-state index contributed by atoms with van der Waals surface area (Å²) in [4.78, 5) is 19.9. The fourth-order valence-corrected chi connectivity index (χ4v) is 3.40. The quantitative estimate of drug-likeness (QED) is 0.849. The maximum Gasteiger partial charge on any atom is 0.222 e. The van der Waals surface area contributed by atoms with Gasteiger partial charge in [0.15, 0.2) is 0 Å². The minimum Gasteiger partial charge on any atom is -0.317 e. The Morgan fingerprint density at radius 1 is 1.30 bits per heavy atom. The van der Waals surface area contributed by atoms with E-state index in [-0.39, 0.29) is 5.91 Å². The molecule has 0 saturated heterocycles. The Bertz CT molecular complexity index is 730. The van der Waals surface area contributed by atoms with Crippen LogP contribution in [0.2, 0.25) is 0 Å². The summed E-state index contributed by atoms with van der Waals surface area (Å²) in [6.45, 7) is 3.50. The Morgan fingerprint density at radius 2 is 2.09 bits per heavy atom. The van der Waals surface area contributed by atoms with Gasteiger partial charge in [0.05, 0.1) is 11.4 Å². The topological polar surface area (TPSA) is 58.1 Å². The third kappa shape index (κ3) is 4.01. The molecule has 0 bridgehead atoms. The second kappa shape index (κ2) is 6.58. The van der Waals surface area contributed by atoms with Crippen LogP contribution < -0.4 is 9.62 Å². The van der Waals surface area contributed by atoms with Gasteiger partial charge in [-0.2, -0.15) is 0 Å². The van der Waals surface area contributed by atoms with Crippen LogP contribution in [0.3, 0.4) is 0 Å². The molecule has 23 heavy (non-hydrogen) atoms. The normalized spacial score (nSPS) is 13.7. The van der Waals surface area contributed by atoms with E-state index in [2.05, 4.69) is 32.7 Å². The first-order chi connectivity index (χ1) is 11.0. The molecule has 1 saturated carbocycles. The number of carbonyl (C=O) groups excluding carboxylic acids is 1. The molecule has 2 heterocycles. The molecule has 2 aromatic heterocycles. The molecular weight excluding hydrogens is 308 g/mol. The van der Waals surface area contributed by atoms with Gasteiger partial charge in [-0.3, -0.25) is 9.78 Å². The third-order valence-corrected chi connectivity index (χ3v) is 4.91. The number of rotatable bonds is 5. The van der Waals surface area contributed by atoms with Crippen LogP contribution in [-0.2, 0) is 4.79 Å². The lowest BCUT2D eigenvalue weighted by Gasteiger charge is -2.20. The molecule has 0 unspecified atom stereocenters. The number of pyridine rings is 2. The predicted octanol–water partition coefficient (Wildman–Crippen LogP) is 3.66. The van der Waals surface area contributed by atoms with E-state index >= 15 is 0 Å². The van der Waals surface area contributed by atoms with Crippen molar-refractivity contribution < 1.29 is 4.79 Å². The summed E-state index contributed by atoms with van der Waals surface area (Å²) in [6, 6.07) is 5.94. The first-order valence-electron chi connectivity index (χ1n) is 7.64. The fourth-order valence-electron chi connectivity index (χ4n) is 2.31. The lowest BCUT2D eigenvalue weighted by Crippen LogP contribution is -2.10. The molecule has 1 aliphatic carbocycles. The highest BCUT2D eigenvalue weighted by Crippen LogP contribution is 2.39. The lowest BCUT2D eigenvalue weighted by molar-refractivity contribution is -0.114. The van der Waals surface area contributed by atoms with E-state index in [0.29, 0.717) is 5.82 Å². The maximum atomic E-state index is 11.2. The average molecular weight is 328 g/mol. The number of hydrogen-bond acceptors (Lipinski definition) is 5. The summed E-state index contributed by atoms with van der Waals surface area (Å²) in [5.41, 5.74) is 4.14. The molecule has 2 aromatic rings. The van der Waals surface area contributed by atoms with Crippen molar-refractivity contribution in [2.75, 3.05) is 16.7 Å². The zero-order valence-corrected chi connectivity index (χ0v) is 14.4. The van der Waals surface area contributed by atoms with Crippen molar-refractivity contribution in [2.24, 2.45) is 0 Å². The second-order valence-electron chi connectivity index (χ2n) is 5.74. The van der Waals surface area contributed by atoms with Crippen molar-refractivity contribution in [3.8, 4) is 11.1 Å². The summed E-state index contributed by atoms with van der Waals surface area (Å²) < 4.78 is 2.21. The molecule has 5 nitrogen and oxygen atoms in total. The van der Waals surface area contributed by atoms with E-state index in [9.17, 15) is 4.79 Å². The molecule has 0 atom stereocenters. The summed E-state index contributed by atoms with van der Waals surface area (Å²) in [5, 5.41) is 3.46. The summed E-state index contributed by atoms with van der Waals surface area (Å²) in [6.07, 6.45) is 6.15. The fraction of sp³-hybridized carbons (Fsp3) is 0.353. The highest BCUT2D eigenvalue weighted by molar-refractivity contribution is 8.01. The highest BCUT2D eigenvalue weighted by atomic mass is 32.2. The van der Waals surface area contributed by atoms with E-state index in [1.165, 1.54) is 19.8 Å². The Labute approximate surface area is 140 Å². The molecule has 0 radical (unpaired) electrons. The van der Waals surface area contributed by atoms with E-state index in [4.69, 9.17) is 0 Å². The Hall–Kier alpha value is -2.08. The van der Waals surface area contributed by atoms with Crippen molar-refractivity contribution in [2.45, 2.75) is 31.9 Å². The second-order valence-corrected chi connectivity index (χ2v) is 7.17. The summed E-state index contributed by atoms with van der Waals surface area (Å²) >= 11 is 1.87. The number of aromatic nitrogens is 2. The molecular formula is C17H20N4OS. The zero-order valence-electron chi connectivity index (χ0n) is 13.5. The van der Waals surface area contributed by atoms with Gasteiger partial charge < -0.3 is 9.62 Å². The third-order valence-electron chi connectivity index (χ3n) is 3.63. The van der Waals surface area contributed by atoms with Crippen LogP contribution in [-0.4, -0.2) is 28.2 Å². The molecule has 1 N–H and O–H groups in total. The number of nitrogens with zero attached hydrogens (tertiary/aromatic N) is 3. The van der Waals surface area contributed by atoms with E-state index in [0.717, 1.165) is 27.8 Å². The summed E-state index contributed by atoms with van der Waals surface area (Å²) in [5.74, 6) is 0.427. The molecule has 1 fully saturated rings. The smallest absolute Gasteiger partial charge is 0.222 e. The van der Waals surface area contributed by atoms with Crippen LogP contribution in [0, 0.1) is 6.92 Å². The average Bonchev–Trinajstić information content (AvgIpc) is 3.31. The van der Waals surface area contributed by atoms with Gasteiger partial charge in [0.1, 0.15) is 5.82 Å². The van der Waals surface area contributed by atoms with Crippen molar-refractivity contribution in [1.82, 2.24) is 9.97 Å². The van der Waals surface area contributed by atoms with Crippen molar-refractivity contribution in [3.05, 3.63) is 36.3 Å². The molecule has 1 amide bonds. The number of carbonyl (C=O) groups is 1. The van der Waals surface area contributed by atoms with Gasteiger partial charge in [-0.25, -0.2) is 4.98 Å². The Morgan fingerprint density at radius 3 is 2.78 bits per heavy atom. The molecule has 0 spiro atoms. The van der Waals surface area contributed by atoms with Crippen molar-refractivity contribution >= 4 is 29.4 Å². The Balaban J connectivity index is 1.88. The lowest BCUT2D eigenvalue weighted by atomic mass is 10.1. The molecule has 3 rings (SSSR count). The van der Waals surface area contributed by atoms with Gasteiger partial charge in [-0.15, -0.1) is 0 Å². The van der Waals surface area contributed by atoms with Crippen LogP contribution >= 0.6 is 11.9 Å². The maximum absolute atomic E-state index is 11.2. The highest BCUT2D eigenvalue weighted by Gasteiger charge is 2.25. The number of amides is 1. The largest absolute Gasteiger partial charge is 0.317 e. The van der Waals surface area contributed by atoms with Crippen LogP contribution in [0.15, 0.2) is 30.6 Å². The van der Waals surface area contributed by atoms with Crippen LogP contribution in [0.4, 0.5) is 11.5 Å². The monoisotopic (exact) mass is 328 g/mol. The van der Waals surface area contributed by atoms with Crippen LogP contribution in [0.25, 0.3) is 11.1 Å². The Kier molecular flexibility index (Phi) is 4.52. The molecule has 0 aliphatic heterocycles. The number of hydrogen-bond donors (Lipinski definition) is 1. The first-order valence-corrected chi connectivity index (χ1v) is 8.48. The molecule has 120 valence electrons. The zero-order chi connectivity index (χ0) is 16.4. The number of aryl methyl sites for hydroxylation is 1. The van der Waals surface area contributed by atoms with Crippen LogP contribution in [0.1, 0.15) is 25.5 Å².